The molecule has 9 nitrogen and oxygen atoms in total. The molecule has 1 aromatic heterocycles. The fraction of sp³-hybridized carbons (Fsp3) is 0.474. The first-order valence-electron chi connectivity index (χ1n) is 9.48. The van der Waals surface area contributed by atoms with Gasteiger partial charge in [0.25, 0.3) is 11.6 Å². The largest absolute Gasteiger partial charge is 0.364 e. The number of carbonyl (C=O) groups is 1. The van der Waals surface area contributed by atoms with Gasteiger partial charge in [0.05, 0.1) is 16.2 Å². The van der Waals surface area contributed by atoms with E-state index >= 15 is 0 Å². The molecule has 2 aromatic rings. The summed E-state index contributed by atoms with van der Waals surface area (Å²) in [5.41, 5.74) is 2.59. The molecule has 0 saturated carbocycles. The van der Waals surface area contributed by atoms with Gasteiger partial charge in [-0.05, 0) is 38.8 Å². The van der Waals surface area contributed by atoms with Gasteiger partial charge in [0, 0.05) is 48.9 Å². The highest BCUT2D eigenvalue weighted by Gasteiger charge is 2.34. The summed E-state index contributed by atoms with van der Waals surface area (Å²) >= 11 is 0. The molecule has 2 aliphatic heterocycles. The maximum absolute atomic E-state index is 12.8. The van der Waals surface area contributed by atoms with Crippen LogP contribution in [0.15, 0.2) is 24.3 Å². The summed E-state index contributed by atoms with van der Waals surface area (Å²) in [5, 5.41) is 25.3. The van der Waals surface area contributed by atoms with Crippen molar-refractivity contribution in [3.05, 3.63) is 51.2 Å². The third-order valence-corrected chi connectivity index (χ3v) is 5.57. The van der Waals surface area contributed by atoms with Crippen LogP contribution in [0.4, 0.5) is 11.5 Å². The van der Waals surface area contributed by atoms with Gasteiger partial charge >= 0.3 is 0 Å². The van der Waals surface area contributed by atoms with Gasteiger partial charge < -0.3 is 15.5 Å². The molecule has 1 amide bonds. The van der Waals surface area contributed by atoms with E-state index in [1.807, 2.05) is 0 Å². The van der Waals surface area contributed by atoms with Gasteiger partial charge in [-0.3, -0.25) is 20.0 Å². The Morgan fingerprint density at radius 1 is 1.36 bits per heavy atom. The van der Waals surface area contributed by atoms with Crippen molar-refractivity contribution in [2.24, 2.45) is 0 Å². The zero-order valence-corrected chi connectivity index (χ0v) is 16.0. The van der Waals surface area contributed by atoms with Gasteiger partial charge in [0.15, 0.2) is 5.82 Å². The number of anilines is 1. The molecule has 1 atom stereocenters. The van der Waals surface area contributed by atoms with Crippen molar-refractivity contribution in [1.82, 2.24) is 20.4 Å². The number of fused-ring (bicyclic) bond motifs is 1. The molecule has 2 aliphatic rings. The lowest BCUT2D eigenvalue weighted by atomic mass is 10.0. The van der Waals surface area contributed by atoms with Crippen molar-refractivity contribution in [3.63, 3.8) is 0 Å². The van der Waals surface area contributed by atoms with Crippen molar-refractivity contribution in [1.29, 1.82) is 0 Å². The maximum atomic E-state index is 12.8. The van der Waals surface area contributed by atoms with Crippen LogP contribution in [0.5, 0.6) is 0 Å². The van der Waals surface area contributed by atoms with E-state index in [4.69, 9.17) is 0 Å². The average molecular weight is 384 g/mol. The number of hydrogen-bond acceptors (Lipinski definition) is 6. The smallest absolute Gasteiger partial charge is 0.269 e. The number of aromatic amines is 1. The highest BCUT2D eigenvalue weighted by molar-refractivity contribution is 5.94. The van der Waals surface area contributed by atoms with Gasteiger partial charge in [-0.2, -0.15) is 5.10 Å². The van der Waals surface area contributed by atoms with Crippen LogP contribution in [-0.2, 0) is 12.1 Å². The lowest BCUT2D eigenvalue weighted by molar-refractivity contribution is -0.384. The molecule has 1 saturated heterocycles. The number of benzene rings is 1. The van der Waals surface area contributed by atoms with Crippen molar-refractivity contribution in [2.45, 2.75) is 44.8 Å². The van der Waals surface area contributed by atoms with Gasteiger partial charge in [0.1, 0.15) is 0 Å². The summed E-state index contributed by atoms with van der Waals surface area (Å²) in [5.74, 6) is 0.749. The number of H-pyrrole nitrogens is 1. The molecule has 0 bridgehead atoms. The molecule has 0 spiro atoms. The predicted octanol–water partition coefficient (Wildman–Crippen LogP) is 2.37. The molecule has 9 heteroatoms. The Balaban J connectivity index is 1.43. The molecule has 28 heavy (non-hydrogen) atoms. The van der Waals surface area contributed by atoms with Gasteiger partial charge in [-0.15, -0.1) is 0 Å². The number of nitro benzene ring substituents is 1. The number of likely N-dealkylation sites (tertiary alicyclic amines) is 1. The number of non-ortho nitro benzene ring substituents is 1. The van der Waals surface area contributed by atoms with E-state index in [1.165, 1.54) is 24.3 Å². The minimum Gasteiger partial charge on any atom is -0.364 e. The van der Waals surface area contributed by atoms with Crippen LogP contribution < -0.4 is 10.6 Å². The second kappa shape index (κ2) is 6.90. The number of nitrogens with zero attached hydrogens (tertiary/aromatic N) is 3. The number of carbonyl (C=O) groups excluding carboxylic acids is 1. The molecular formula is C19H24N6O3. The summed E-state index contributed by atoms with van der Waals surface area (Å²) in [6.45, 7) is 6.26. The molecule has 1 aromatic carbocycles. The first-order chi connectivity index (χ1) is 13.3. The molecule has 0 aliphatic carbocycles. The lowest BCUT2D eigenvalue weighted by Crippen LogP contribution is -2.45. The molecule has 1 unspecified atom stereocenters. The van der Waals surface area contributed by atoms with E-state index in [2.05, 4.69) is 34.7 Å². The van der Waals surface area contributed by atoms with Crippen LogP contribution in [0.25, 0.3) is 0 Å². The summed E-state index contributed by atoms with van der Waals surface area (Å²) in [6.07, 6.45) is 1.86. The second-order valence-electron chi connectivity index (χ2n) is 7.94. The highest BCUT2D eigenvalue weighted by atomic mass is 16.6. The number of rotatable bonds is 4. The van der Waals surface area contributed by atoms with Gasteiger partial charge in [-0.1, -0.05) is 0 Å². The number of nitrogens with one attached hydrogen (secondary N) is 3. The van der Waals surface area contributed by atoms with Crippen molar-refractivity contribution < 1.29 is 9.72 Å². The molecule has 3 N–H and O–H groups in total. The summed E-state index contributed by atoms with van der Waals surface area (Å²) in [6, 6.07) is 5.90. The van der Waals surface area contributed by atoms with E-state index in [0.717, 1.165) is 36.5 Å². The summed E-state index contributed by atoms with van der Waals surface area (Å²) in [7, 11) is 0. The fourth-order valence-corrected chi connectivity index (χ4v) is 3.95. The van der Waals surface area contributed by atoms with E-state index in [9.17, 15) is 14.9 Å². The Morgan fingerprint density at radius 3 is 2.82 bits per heavy atom. The third-order valence-electron chi connectivity index (χ3n) is 5.57. The fourth-order valence-electron chi connectivity index (χ4n) is 3.95. The second-order valence-corrected chi connectivity index (χ2v) is 7.94. The molecule has 4 rings (SSSR count). The number of aromatic nitrogens is 2. The van der Waals surface area contributed by atoms with Crippen molar-refractivity contribution in [3.8, 4) is 0 Å². The Morgan fingerprint density at radius 2 is 2.11 bits per heavy atom. The van der Waals surface area contributed by atoms with E-state index in [1.54, 1.807) is 4.90 Å². The van der Waals surface area contributed by atoms with Gasteiger partial charge in [-0.25, -0.2) is 0 Å². The predicted molar refractivity (Wildman–Crippen MR) is 104 cm³/mol. The Hall–Kier alpha value is -2.94. The Kier molecular flexibility index (Phi) is 4.54. The molecule has 1 fully saturated rings. The van der Waals surface area contributed by atoms with Crippen LogP contribution in [0.3, 0.4) is 0 Å². The normalized spacial score (nSPS) is 20.6. The standard InChI is InChI=1S/C19H24N6O3/c1-19(2)16-15(10-20-19)17(23-22-16)21-13-4-3-9-24(11-13)18(26)12-5-7-14(8-6-12)25(27)28/h5-8,13,20H,3-4,9-11H2,1-2H3,(H2,21,22,23). The Labute approximate surface area is 162 Å². The summed E-state index contributed by atoms with van der Waals surface area (Å²) < 4.78 is 0. The van der Waals surface area contributed by atoms with Crippen LogP contribution in [-0.4, -0.2) is 45.1 Å². The van der Waals surface area contributed by atoms with E-state index in [-0.39, 0.29) is 23.2 Å². The average Bonchev–Trinajstić information content (AvgIpc) is 3.22. The number of hydrogen-bond donors (Lipinski definition) is 3. The maximum Gasteiger partial charge on any atom is 0.269 e. The van der Waals surface area contributed by atoms with Crippen molar-refractivity contribution >= 4 is 17.4 Å². The molecule has 3 heterocycles. The monoisotopic (exact) mass is 384 g/mol. The lowest BCUT2D eigenvalue weighted by Gasteiger charge is -2.33. The van der Waals surface area contributed by atoms with Gasteiger partial charge in [0.2, 0.25) is 0 Å². The van der Waals surface area contributed by atoms with Crippen LogP contribution >= 0.6 is 0 Å². The van der Waals surface area contributed by atoms with E-state index < -0.39 is 4.92 Å². The molecule has 0 radical (unpaired) electrons. The zero-order valence-electron chi connectivity index (χ0n) is 16.0. The minimum atomic E-state index is -0.465. The first-order valence-corrected chi connectivity index (χ1v) is 9.48. The van der Waals surface area contributed by atoms with Crippen LogP contribution in [0, 0.1) is 10.1 Å². The first kappa shape index (κ1) is 18.4. The minimum absolute atomic E-state index is 0.0151. The molecular weight excluding hydrogens is 360 g/mol. The Bertz CT molecular complexity index is 905. The topological polar surface area (TPSA) is 116 Å². The SMILES string of the molecule is CC1(C)NCc2c(NC3CCCN(C(=O)c4ccc([N+](=O)[O-])cc4)C3)n[nH]c21. The van der Waals surface area contributed by atoms with Crippen LogP contribution in [0.2, 0.25) is 0 Å². The van der Waals surface area contributed by atoms with Crippen LogP contribution in [0.1, 0.15) is 48.3 Å². The quantitative estimate of drug-likeness (QED) is 0.550. The van der Waals surface area contributed by atoms with E-state index in [0.29, 0.717) is 18.7 Å². The number of amides is 1. The molecule has 148 valence electrons. The highest BCUT2D eigenvalue weighted by Crippen LogP contribution is 2.33. The zero-order chi connectivity index (χ0) is 19.9. The summed E-state index contributed by atoms with van der Waals surface area (Å²) in [4.78, 5) is 24.9. The number of nitro groups is 1. The van der Waals surface area contributed by atoms with Crippen molar-refractivity contribution in [2.75, 3.05) is 18.4 Å². The third kappa shape index (κ3) is 3.33. The number of piperidine rings is 1.